The van der Waals surface area contributed by atoms with Gasteiger partial charge in [0, 0.05) is 23.2 Å². The third-order valence-electron chi connectivity index (χ3n) is 16.8. The number of unbranched alkanes of at least 4 members (excludes halogenated alkanes) is 12. The largest absolute Gasteiger partial charge is 0.462 e. The van der Waals surface area contributed by atoms with Gasteiger partial charge in [-0.15, -0.1) is 0 Å². The molecular weight excluding hydrogens is 617 g/mol. The van der Waals surface area contributed by atoms with E-state index in [2.05, 4.69) is 68.4 Å². The number of esters is 1. The number of rotatable bonds is 15. The maximum atomic E-state index is 13.2. The van der Waals surface area contributed by atoms with Crippen LogP contribution in [0.3, 0.4) is 0 Å². The molecule has 4 saturated carbocycles. The minimum absolute atomic E-state index is 0.0113. The van der Waals surface area contributed by atoms with Gasteiger partial charge in [-0.1, -0.05) is 151 Å². The van der Waals surface area contributed by atoms with Gasteiger partial charge in [-0.2, -0.15) is 0 Å². The lowest BCUT2D eigenvalue weighted by molar-refractivity contribution is -0.237. The number of fused-ring (bicyclic) bond motifs is 7. The smallest absolute Gasteiger partial charge is 0.306 e. The summed E-state index contributed by atoms with van der Waals surface area (Å²) in [5, 5.41) is 24.2. The van der Waals surface area contributed by atoms with E-state index in [1.807, 2.05) is 0 Å². The Kier molecular flexibility index (Phi) is 12.5. The van der Waals surface area contributed by atoms with Crippen LogP contribution < -0.4 is 0 Å². The zero-order valence-corrected chi connectivity index (χ0v) is 34.3. The van der Waals surface area contributed by atoms with Crippen molar-refractivity contribution in [1.29, 1.82) is 0 Å². The molecular formula is C46H80O4. The highest BCUT2D eigenvalue weighted by atomic mass is 16.5. The molecule has 0 radical (unpaired) electrons. The third kappa shape index (κ3) is 7.44. The van der Waals surface area contributed by atoms with Gasteiger partial charge < -0.3 is 14.9 Å². The molecule has 2 N–H and O–H groups in total. The second-order valence-electron chi connectivity index (χ2n) is 20.9. The summed E-state index contributed by atoms with van der Waals surface area (Å²) < 4.78 is 6.36. The van der Waals surface area contributed by atoms with Crippen LogP contribution >= 0.6 is 0 Å². The monoisotopic (exact) mass is 697 g/mol. The minimum Gasteiger partial charge on any atom is -0.462 e. The van der Waals surface area contributed by atoms with Gasteiger partial charge in [0.15, 0.2) is 0 Å². The van der Waals surface area contributed by atoms with Gasteiger partial charge >= 0.3 is 5.97 Å². The summed E-state index contributed by atoms with van der Waals surface area (Å²) in [6.07, 6.45) is 27.1. The number of ether oxygens (including phenoxy) is 1. The number of allylic oxidation sites excluding steroid dienone is 1. The van der Waals surface area contributed by atoms with E-state index in [-0.39, 0.29) is 56.6 Å². The Morgan fingerprint density at radius 1 is 0.720 bits per heavy atom. The zero-order valence-electron chi connectivity index (χ0n) is 34.3. The Morgan fingerprint density at radius 3 is 1.90 bits per heavy atom. The summed E-state index contributed by atoms with van der Waals surface area (Å²) >= 11 is 0. The molecule has 5 rings (SSSR count). The number of aliphatic hydroxyl groups is 2. The van der Waals surface area contributed by atoms with E-state index in [0.717, 1.165) is 64.2 Å². The predicted octanol–water partition coefficient (Wildman–Crippen LogP) is 12.1. The molecule has 4 nitrogen and oxygen atoms in total. The molecule has 0 spiro atoms. The summed E-state index contributed by atoms with van der Waals surface area (Å²) in [6.45, 7) is 21.5. The predicted molar refractivity (Wildman–Crippen MR) is 208 cm³/mol. The number of aliphatic hydroxyl groups excluding tert-OH is 2. The van der Waals surface area contributed by atoms with Gasteiger partial charge in [0.25, 0.3) is 0 Å². The molecule has 0 aromatic heterocycles. The average molecular weight is 697 g/mol. The maximum absolute atomic E-state index is 13.2. The first-order chi connectivity index (χ1) is 23.5. The lowest BCUT2D eigenvalue weighted by Crippen LogP contribution is -2.68. The number of carbonyl (C=O) groups is 1. The van der Waals surface area contributed by atoms with Gasteiger partial charge in [-0.3, -0.25) is 4.79 Å². The van der Waals surface area contributed by atoms with Crippen molar-refractivity contribution in [2.75, 3.05) is 0 Å². The fourth-order valence-electron chi connectivity index (χ4n) is 13.4. The molecule has 50 heavy (non-hydrogen) atoms. The third-order valence-corrected chi connectivity index (χ3v) is 16.8. The fourth-order valence-corrected chi connectivity index (χ4v) is 13.4. The summed E-state index contributed by atoms with van der Waals surface area (Å²) in [6, 6.07) is 0. The molecule has 0 aromatic carbocycles. The number of hydrogen-bond donors (Lipinski definition) is 2. The maximum Gasteiger partial charge on any atom is 0.306 e. The molecule has 4 fully saturated rings. The van der Waals surface area contributed by atoms with Gasteiger partial charge in [0.05, 0.1) is 12.2 Å². The standard InChI is InChI=1S/C46H80O4/c1-10-11-12-13-14-15-16-17-18-19-20-21-22-23-39(49)50-38-25-26-44(7)36(42(38,4)5)24-27-45(8)40(44)35(47)30-33-34-31-41(2,3)28-29-43(34,6)37(48)32-46(33,45)9/h30,34-38,40,47-48H,10-29,31-32H2,1-9H3/t34-,35+,36-,37-,38-,40+,43-,44-,45+,46+/m0/s1. The molecule has 0 heterocycles. The Bertz CT molecular complexity index is 1190. The van der Waals surface area contributed by atoms with Gasteiger partial charge in [-0.25, -0.2) is 0 Å². The Balaban J connectivity index is 1.17. The summed E-state index contributed by atoms with van der Waals surface area (Å²) in [5.74, 6) is 0.802. The lowest BCUT2D eigenvalue weighted by Gasteiger charge is -2.72. The molecule has 5 aliphatic rings. The van der Waals surface area contributed by atoms with Gasteiger partial charge in [0.2, 0.25) is 0 Å². The fraction of sp³-hybridized carbons (Fsp3) is 0.935. The molecule has 0 aliphatic heterocycles. The minimum atomic E-state index is -0.481. The van der Waals surface area contributed by atoms with Gasteiger partial charge in [-0.05, 0) is 91.3 Å². The SMILES string of the molecule is CCCCCCCCCCCCCCCC(=O)O[C@H]1CC[C@]2(C)[C@H]3[C@H](O)C=C4[C@@H]5CC(C)(C)CC[C@]5(C)[C@@H](O)C[C@@]4(C)[C@]3(C)CC[C@H]2C1(C)C. The van der Waals surface area contributed by atoms with E-state index < -0.39 is 6.10 Å². The Labute approximate surface area is 308 Å². The van der Waals surface area contributed by atoms with Crippen molar-refractivity contribution in [1.82, 2.24) is 0 Å². The second-order valence-corrected chi connectivity index (χ2v) is 20.9. The van der Waals surface area contributed by atoms with Crippen molar-refractivity contribution in [3.05, 3.63) is 11.6 Å². The average Bonchev–Trinajstić information content (AvgIpc) is 3.03. The van der Waals surface area contributed by atoms with Crippen LogP contribution in [0.4, 0.5) is 0 Å². The highest BCUT2D eigenvalue weighted by Crippen LogP contribution is 2.75. The molecule has 0 bridgehead atoms. The Morgan fingerprint density at radius 2 is 1.30 bits per heavy atom. The molecule has 0 saturated heterocycles. The van der Waals surface area contributed by atoms with Crippen molar-refractivity contribution < 1.29 is 19.7 Å². The summed E-state index contributed by atoms with van der Waals surface area (Å²) in [4.78, 5) is 13.2. The first-order valence-electron chi connectivity index (χ1n) is 21.7. The first kappa shape index (κ1) is 40.3. The highest BCUT2D eigenvalue weighted by molar-refractivity contribution is 5.69. The van der Waals surface area contributed by atoms with Crippen molar-refractivity contribution in [2.24, 2.45) is 50.2 Å². The second kappa shape index (κ2) is 15.5. The van der Waals surface area contributed by atoms with Crippen LogP contribution in [0.15, 0.2) is 11.6 Å². The van der Waals surface area contributed by atoms with E-state index in [1.54, 1.807) is 0 Å². The molecule has 0 unspecified atom stereocenters. The molecule has 288 valence electrons. The van der Waals surface area contributed by atoms with Crippen LogP contribution in [-0.2, 0) is 9.53 Å². The molecule has 0 aromatic rings. The molecule has 4 heteroatoms. The summed E-state index contributed by atoms with van der Waals surface area (Å²) in [5.41, 5.74) is 1.16. The molecule has 10 atom stereocenters. The van der Waals surface area contributed by atoms with Crippen LogP contribution in [0.1, 0.15) is 204 Å². The van der Waals surface area contributed by atoms with E-state index >= 15 is 0 Å². The van der Waals surface area contributed by atoms with Crippen LogP contribution in [-0.4, -0.2) is 34.5 Å². The normalized spacial score (nSPS) is 41.6. The quantitative estimate of drug-likeness (QED) is 0.102. The van der Waals surface area contributed by atoms with Crippen LogP contribution in [0.25, 0.3) is 0 Å². The first-order valence-corrected chi connectivity index (χ1v) is 21.7. The van der Waals surface area contributed by atoms with E-state index in [1.165, 1.54) is 76.2 Å². The van der Waals surface area contributed by atoms with Crippen molar-refractivity contribution in [3.63, 3.8) is 0 Å². The molecule has 5 aliphatic carbocycles. The van der Waals surface area contributed by atoms with E-state index in [9.17, 15) is 15.0 Å². The van der Waals surface area contributed by atoms with Crippen molar-refractivity contribution in [3.8, 4) is 0 Å². The number of hydrogen-bond acceptors (Lipinski definition) is 4. The van der Waals surface area contributed by atoms with Crippen LogP contribution in [0, 0.1) is 50.2 Å². The Hall–Kier alpha value is -0.870. The zero-order chi connectivity index (χ0) is 36.6. The molecule has 0 amide bonds. The van der Waals surface area contributed by atoms with E-state index in [4.69, 9.17) is 4.74 Å². The van der Waals surface area contributed by atoms with Crippen LogP contribution in [0.5, 0.6) is 0 Å². The van der Waals surface area contributed by atoms with Crippen molar-refractivity contribution >= 4 is 5.97 Å². The van der Waals surface area contributed by atoms with Crippen molar-refractivity contribution in [2.45, 2.75) is 222 Å². The van der Waals surface area contributed by atoms with E-state index in [0.29, 0.717) is 18.3 Å². The lowest BCUT2D eigenvalue weighted by atomic mass is 9.33. The van der Waals surface area contributed by atoms with Crippen LogP contribution in [0.2, 0.25) is 0 Å². The highest BCUT2D eigenvalue weighted by Gasteiger charge is 2.71. The van der Waals surface area contributed by atoms with Gasteiger partial charge in [0.1, 0.15) is 6.10 Å². The summed E-state index contributed by atoms with van der Waals surface area (Å²) in [7, 11) is 0. The topological polar surface area (TPSA) is 66.8 Å². The number of carbonyl (C=O) groups excluding carboxylic acids is 1.